The van der Waals surface area contributed by atoms with Gasteiger partial charge >= 0.3 is 6.18 Å². The van der Waals surface area contributed by atoms with Gasteiger partial charge in [0.15, 0.2) is 0 Å². The lowest BCUT2D eigenvalue weighted by molar-refractivity contribution is -0.119. The van der Waals surface area contributed by atoms with Crippen LogP contribution in [0.3, 0.4) is 0 Å². The molecule has 0 saturated carbocycles. The van der Waals surface area contributed by atoms with E-state index in [0.717, 1.165) is 10.9 Å². The summed E-state index contributed by atoms with van der Waals surface area (Å²) in [6, 6.07) is 8.93. The first-order chi connectivity index (χ1) is 9.44. The average molecular weight is 303 g/mol. The summed E-state index contributed by atoms with van der Waals surface area (Å²) in [7, 11) is 0. The largest absolute Gasteiger partial charge is 0.405 e. The first-order valence-corrected chi connectivity index (χ1v) is 6.74. The zero-order valence-electron chi connectivity index (χ0n) is 10.9. The lowest BCUT2D eigenvalue weighted by Gasteiger charge is -2.24. The van der Waals surface area contributed by atoms with Gasteiger partial charge in [0.1, 0.15) is 12.4 Å². The van der Waals surface area contributed by atoms with Crippen molar-refractivity contribution in [2.24, 2.45) is 0 Å². The number of rotatable bonds is 4. The van der Waals surface area contributed by atoms with Gasteiger partial charge in [0.05, 0.1) is 5.52 Å². The minimum Gasteiger partial charge on any atom is -0.348 e. The van der Waals surface area contributed by atoms with Crippen molar-refractivity contribution in [3.05, 3.63) is 35.9 Å². The van der Waals surface area contributed by atoms with Crippen molar-refractivity contribution >= 4 is 28.3 Å². The zero-order valence-corrected chi connectivity index (χ0v) is 11.7. The Morgan fingerprint density at radius 3 is 2.55 bits per heavy atom. The number of alkyl halides is 4. The number of benzene rings is 1. The number of para-hydroxylation sites is 1. The van der Waals surface area contributed by atoms with Crippen LogP contribution in [-0.4, -0.2) is 24.2 Å². The second-order valence-electron chi connectivity index (χ2n) is 4.42. The van der Waals surface area contributed by atoms with Gasteiger partial charge in [-0.2, -0.15) is 13.2 Å². The molecule has 20 heavy (non-hydrogen) atoms. The van der Waals surface area contributed by atoms with Gasteiger partial charge in [-0.25, -0.2) is 4.98 Å². The van der Waals surface area contributed by atoms with Gasteiger partial charge in [0.2, 0.25) is 0 Å². The Morgan fingerprint density at radius 2 is 1.95 bits per heavy atom. The maximum absolute atomic E-state index is 12.6. The number of halogens is 4. The number of pyridine rings is 1. The summed E-state index contributed by atoms with van der Waals surface area (Å²) in [6.07, 6.45) is -4.26. The Labute approximate surface area is 120 Å². The Kier molecular flexibility index (Phi) is 4.38. The molecule has 1 aromatic carbocycles. The van der Waals surface area contributed by atoms with Gasteiger partial charge in [-0.15, -0.1) is 11.6 Å². The molecule has 0 N–H and O–H groups in total. The molecule has 2 aromatic rings. The van der Waals surface area contributed by atoms with Gasteiger partial charge in [0, 0.05) is 17.8 Å². The molecular formula is C14H14ClF3N2. The zero-order chi connectivity index (χ0) is 14.8. The summed E-state index contributed by atoms with van der Waals surface area (Å²) in [4.78, 5) is 5.50. The van der Waals surface area contributed by atoms with E-state index in [2.05, 4.69) is 4.98 Å². The third-order valence-corrected chi connectivity index (χ3v) is 3.30. The van der Waals surface area contributed by atoms with Crippen molar-refractivity contribution in [3.63, 3.8) is 0 Å². The molecule has 0 radical (unpaired) electrons. The van der Waals surface area contributed by atoms with Crippen molar-refractivity contribution in [1.29, 1.82) is 0 Å². The SMILES string of the molecule is CCN(CC(F)(F)F)c1cc(CCl)c2ccccc2n1. The maximum atomic E-state index is 12.6. The molecule has 0 bridgehead atoms. The highest BCUT2D eigenvalue weighted by atomic mass is 35.5. The molecule has 0 aliphatic carbocycles. The van der Waals surface area contributed by atoms with Crippen molar-refractivity contribution in [1.82, 2.24) is 4.98 Å². The first-order valence-electron chi connectivity index (χ1n) is 6.21. The van der Waals surface area contributed by atoms with E-state index in [9.17, 15) is 13.2 Å². The van der Waals surface area contributed by atoms with Gasteiger partial charge in [-0.3, -0.25) is 0 Å². The Balaban J connectivity index is 2.48. The molecule has 0 saturated heterocycles. The average Bonchev–Trinajstić information content (AvgIpc) is 2.42. The van der Waals surface area contributed by atoms with Gasteiger partial charge in [-0.1, -0.05) is 18.2 Å². The number of fused-ring (bicyclic) bond motifs is 1. The quantitative estimate of drug-likeness (QED) is 0.780. The van der Waals surface area contributed by atoms with E-state index in [-0.39, 0.29) is 12.4 Å². The molecule has 0 spiro atoms. The number of nitrogens with zero attached hydrogens (tertiary/aromatic N) is 2. The molecule has 2 rings (SSSR count). The van der Waals surface area contributed by atoms with E-state index < -0.39 is 12.7 Å². The smallest absolute Gasteiger partial charge is 0.348 e. The minimum atomic E-state index is -4.26. The van der Waals surface area contributed by atoms with E-state index >= 15 is 0 Å². The fraction of sp³-hybridized carbons (Fsp3) is 0.357. The van der Waals surface area contributed by atoms with Crippen LogP contribution >= 0.6 is 11.6 Å². The first kappa shape index (κ1) is 14.9. The van der Waals surface area contributed by atoms with Crippen molar-refractivity contribution < 1.29 is 13.2 Å². The van der Waals surface area contributed by atoms with Crippen LogP contribution in [-0.2, 0) is 5.88 Å². The van der Waals surface area contributed by atoms with Crippen molar-refractivity contribution in [2.45, 2.75) is 19.0 Å². The molecule has 1 heterocycles. The summed E-state index contributed by atoms with van der Waals surface area (Å²) in [5.74, 6) is 0.541. The third kappa shape index (κ3) is 3.33. The lowest BCUT2D eigenvalue weighted by Crippen LogP contribution is -2.34. The molecule has 0 amide bonds. The number of aromatic nitrogens is 1. The minimum absolute atomic E-state index is 0.229. The Morgan fingerprint density at radius 1 is 1.25 bits per heavy atom. The van der Waals surface area contributed by atoms with Crippen LogP contribution in [0.4, 0.5) is 19.0 Å². The summed E-state index contributed by atoms with van der Waals surface area (Å²) in [5.41, 5.74) is 1.44. The van der Waals surface area contributed by atoms with E-state index in [1.807, 2.05) is 12.1 Å². The van der Waals surface area contributed by atoms with E-state index in [4.69, 9.17) is 11.6 Å². The Hall–Kier alpha value is -1.49. The van der Waals surface area contributed by atoms with Crippen LogP contribution in [0.2, 0.25) is 0 Å². The number of hydrogen-bond acceptors (Lipinski definition) is 2. The predicted molar refractivity (Wildman–Crippen MR) is 75.2 cm³/mol. The third-order valence-electron chi connectivity index (χ3n) is 3.01. The summed E-state index contributed by atoms with van der Waals surface area (Å²) in [6.45, 7) is 0.881. The highest BCUT2D eigenvalue weighted by molar-refractivity contribution is 6.18. The number of anilines is 1. The van der Waals surface area contributed by atoms with Crippen LogP contribution in [0.25, 0.3) is 10.9 Å². The fourth-order valence-electron chi connectivity index (χ4n) is 2.08. The lowest BCUT2D eigenvalue weighted by atomic mass is 10.1. The molecular weight excluding hydrogens is 289 g/mol. The van der Waals surface area contributed by atoms with E-state index in [1.54, 1.807) is 25.1 Å². The van der Waals surface area contributed by atoms with Crippen LogP contribution in [0.15, 0.2) is 30.3 Å². The number of hydrogen-bond donors (Lipinski definition) is 0. The molecule has 0 unspecified atom stereocenters. The Bertz CT molecular complexity index is 598. The topological polar surface area (TPSA) is 16.1 Å². The monoisotopic (exact) mass is 302 g/mol. The van der Waals surface area contributed by atoms with Crippen LogP contribution in [0.5, 0.6) is 0 Å². The molecule has 108 valence electrons. The van der Waals surface area contributed by atoms with Crippen LogP contribution in [0, 0.1) is 0 Å². The predicted octanol–water partition coefficient (Wildman–Crippen LogP) is 4.36. The summed E-state index contributed by atoms with van der Waals surface area (Å²) >= 11 is 5.89. The van der Waals surface area contributed by atoms with Gasteiger partial charge < -0.3 is 4.90 Å². The van der Waals surface area contributed by atoms with Crippen LogP contribution < -0.4 is 4.90 Å². The fourth-order valence-corrected chi connectivity index (χ4v) is 2.30. The van der Waals surface area contributed by atoms with E-state index in [0.29, 0.717) is 11.3 Å². The second kappa shape index (κ2) is 5.87. The second-order valence-corrected chi connectivity index (χ2v) is 4.69. The highest BCUT2D eigenvalue weighted by Gasteiger charge is 2.31. The maximum Gasteiger partial charge on any atom is 0.405 e. The van der Waals surface area contributed by atoms with Crippen molar-refractivity contribution in [3.8, 4) is 0 Å². The molecule has 0 fully saturated rings. The van der Waals surface area contributed by atoms with Crippen molar-refractivity contribution in [2.75, 3.05) is 18.0 Å². The van der Waals surface area contributed by atoms with Crippen LogP contribution in [0.1, 0.15) is 12.5 Å². The molecule has 1 aromatic heterocycles. The molecule has 0 atom stereocenters. The molecule has 6 heteroatoms. The van der Waals surface area contributed by atoms with Gasteiger partial charge in [0.25, 0.3) is 0 Å². The standard InChI is InChI=1S/C14H14ClF3N2/c1-2-20(9-14(16,17)18)13-7-10(8-15)11-5-3-4-6-12(11)19-13/h3-7H,2,8-9H2,1H3. The highest BCUT2D eigenvalue weighted by Crippen LogP contribution is 2.26. The van der Waals surface area contributed by atoms with E-state index in [1.165, 1.54) is 4.90 Å². The normalized spacial score (nSPS) is 11.8. The molecule has 0 aliphatic heterocycles. The molecule has 2 nitrogen and oxygen atoms in total. The molecule has 0 aliphatic rings. The van der Waals surface area contributed by atoms with Gasteiger partial charge in [-0.05, 0) is 24.6 Å². The summed E-state index contributed by atoms with van der Waals surface area (Å²) in [5, 5.41) is 0.870. The summed E-state index contributed by atoms with van der Waals surface area (Å²) < 4.78 is 37.7.